The largest absolute Gasteiger partial charge is 0.494 e. The van der Waals surface area contributed by atoms with E-state index in [0.29, 0.717) is 12.2 Å². The molecule has 4 rings (SSSR count). The summed E-state index contributed by atoms with van der Waals surface area (Å²) in [4.78, 5) is 5.16. The van der Waals surface area contributed by atoms with Crippen molar-refractivity contribution in [3.63, 3.8) is 0 Å². The number of methoxy groups -OCH3 is 1. The van der Waals surface area contributed by atoms with Crippen molar-refractivity contribution in [2.45, 2.75) is 11.4 Å². The quantitative estimate of drug-likeness (QED) is 0.418. The molecule has 0 fully saturated rings. The Bertz CT molecular complexity index is 1180. The van der Waals surface area contributed by atoms with E-state index in [1.54, 1.807) is 12.4 Å². The molecule has 8 heteroatoms. The first-order chi connectivity index (χ1) is 14.6. The summed E-state index contributed by atoms with van der Waals surface area (Å²) >= 11 is 1.54. The van der Waals surface area contributed by atoms with Gasteiger partial charge in [-0.2, -0.15) is 4.39 Å². The van der Waals surface area contributed by atoms with Gasteiger partial charge in [-0.05, 0) is 61.0 Å². The van der Waals surface area contributed by atoms with Crippen LogP contribution in [0.25, 0.3) is 10.9 Å². The van der Waals surface area contributed by atoms with Crippen molar-refractivity contribution in [1.82, 2.24) is 14.3 Å². The summed E-state index contributed by atoms with van der Waals surface area (Å²) in [5.41, 5.74) is 2.78. The number of aromatic nitrogens is 2. The molecule has 2 N–H and O–H groups in total. The Morgan fingerprint density at radius 1 is 1.13 bits per heavy atom. The summed E-state index contributed by atoms with van der Waals surface area (Å²) in [6, 6.07) is 12.5. The number of nitrogens with zero attached hydrogens (tertiary/aromatic N) is 2. The average Bonchev–Trinajstić information content (AvgIpc) is 3.09. The Kier molecular flexibility index (Phi) is 5.87. The summed E-state index contributed by atoms with van der Waals surface area (Å²) in [5.74, 6) is -2.13. The van der Waals surface area contributed by atoms with Crippen molar-refractivity contribution in [2.24, 2.45) is 0 Å². The smallest absolute Gasteiger partial charge is 0.202 e. The second kappa shape index (κ2) is 8.73. The SMILES string of the molecule is CNCc1cn(Sc2cccnc2)c2cc(Nc3ccc(OC)c(F)c3F)ccc12. The molecule has 0 atom stereocenters. The zero-order valence-corrected chi connectivity index (χ0v) is 17.3. The van der Waals surface area contributed by atoms with Crippen LogP contribution in [0.1, 0.15) is 5.56 Å². The minimum Gasteiger partial charge on any atom is -0.494 e. The van der Waals surface area contributed by atoms with Crippen molar-refractivity contribution in [3.8, 4) is 5.75 Å². The minimum absolute atomic E-state index is 0.0427. The summed E-state index contributed by atoms with van der Waals surface area (Å²) in [7, 11) is 3.20. The number of rotatable bonds is 7. The second-order valence-electron chi connectivity index (χ2n) is 6.59. The van der Waals surface area contributed by atoms with Crippen LogP contribution in [0.15, 0.2) is 66.0 Å². The number of benzene rings is 2. The molecule has 0 amide bonds. The van der Waals surface area contributed by atoms with E-state index in [9.17, 15) is 8.78 Å². The van der Waals surface area contributed by atoms with E-state index in [-0.39, 0.29) is 11.4 Å². The highest BCUT2D eigenvalue weighted by atomic mass is 32.2. The first kappa shape index (κ1) is 20.2. The second-order valence-corrected chi connectivity index (χ2v) is 7.64. The minimum atomic E-state index is -1.02. The highest BCUT2D eigenvalue weighted by Gasteiger charge is 2.15. The van der Waals surface area contributed by atoms with E-state index in [1.165, 1.54) is 31.2 Å². The van der Waals surface area contributed by atoms with Crippen LogP contribution in [-0.4, -0.2) is 23.1 Å². The van der Waals surface area contributed by atoms with Gasteiger partial charge in [-0.3, -0.25) is 8.96 Å². The van der Waals surface area contributed by atoms with Crippen LogP contribution >= 0.6 is 11.9 Å². The van der Waals surface area contributed by atoms with E-state index in [0.717, 1.165) is 21.4 Å². The third-order valence-electron chi connectivity index (χ3n) is 4.61. The summed E-state index contributed by atoms with van der Waals surface area (Å²) in [6.07, 6.45) is 5.59. The van der Waals surface area contributed by atoms with E-state index in [1.807, 2.05) is 37.4 Å². The van der Waals surface area contributed by atoms with Gasteiger partial charge in [0.1, 0.15) is 0 Å². The molecule has 0 spiro atoms. The van der Waals surface area contributed by atoms with Crippen molar-refractivity contribution in [2.75, 3.05) is 19.5 Å². The van der Waals surface area contributed by atoms with Gasteiger partial charge in [0.15, 0.2) is 11.6 Å². The van der Waals surface area contributed by atoms with Crippen molar-refractivity contribution in [3.05, 3.63) is 78.3 Å². The number of halogens is 2. The maximum atomic E-state index is 14.4. The molecular weight excluding hydrogens is 406 g/mol. The van der Waals surface area contributed by atoms with E-state index >= 15 is 0 Å². The molecule has 0 unspecified atom stereocenters. The van der Waals surface area contributed by atoms with Crippen LogP contribution in [0.2, 0.25) is 0 Å². The van der Waals surface area contributed by atoms with E-state index < -0.39 is 11.6 Å². The van der Waals surface area contributed by atoms with Gasteiger partial charge in [-0.15, -0.1) is 0 Å². The third kappa shape index (κ3) is 3.96. The Labute approximate surface area is 177 Å². The first-order valence-electron chi connectivity index (χ1n) is 9.26. The number of hydrogen-bond donors (Lipinski definition) is 2. The molecule has 0 saturated heterocycles. The van der Waals surface area contributed by atoms with Crippen LogP contribution in [0.5, 0.6) is 5.75 Å². The number of fused-ring (bicyclic) bond motifs is 1. The molecule has 2 heterocycles. The number of hydrogen-bond acceptors (Lipinski definition) is 5. The fraction of sp³-hybridized carbons (Fsp3) is 0.136. The molecular formula is C22H20F2N4OS. The van der Waals surface area contributed by atoms with Gasteiger partial charge in [-0.1, -0.05) is 6.07 Å². The summed E-state index contributed by atoms with van der Waals surface area (Å²) in [6.45, 7) is 0.711. The molecule has 0 saturated carbocycles. The van der Waals surface area contributed by atoms with Crippen molar-refractivity contribution >= 4 is 34.2 Å². The van der Waals surface area contributed by atoms with Gasteiger partial charge in [0, 0.05) is 41.1 Å². The summed E-state index contributed by atoms with van der Waals surface area (Å²) < 4.78 is 35.3. The lowest BCUT2D eigenvalue weighted by molar-refractivity contribution is 0.372. The maximum absolute atomic E-state index is 14.4. The predicted molar refractivity (Wildman–Crippen MR) is 116 cm³/mol. The summed E-state index contributed by atoms with van der Waals surface area (Å²) in [5, 5.41) is 7.22. The van der Waals surface area contributed by atoms with Crippen LogP contribution in [0, 0.1) is 11.6 Å². The van der Waals surface area contributed by atoms with Crippen LogP contribution in [-0.2, 0) is 6.54 Å². The topological polar surface area (TPSA) is 51.1 Å². The number of anilines is 2. The molecule has 30 heavy (non-hydrogen) atoms. The third-order valence-corrected chi connectivity index (χ3v) is 5.56. The molecule has 0 bridgehead atoms. The highest BCUT2D eigenvalue weighted by molar-refractivity contribution is 7.98. The predicted octanol–water partition coefficient (Wildman–Crippen LogP) is 5.34. The first-order valence-corrected chi connectivity index (χ1v) is 10.0. The fourth-order valence-corrected chi connectivity index (χ4v) is 4.11. The van der Waals surface area contributed by atoms with Crippen LogP contribution < -0.4 is 15.4 Å². The Hall–Kier alpha value is -3.10. The van der Waals surface area contributed by atoms with E-state index in [4.69, 9.17) is 4.74 Å². The lowest BCUT2D eigenvalue weighted by Crippen LogP contribution is -2.04. The molecule has 5 nitrogen and oxygen atoms in total. The van der Waals surface area contributed by atoms with Gasteiger partial charge in [0.05, 0.1) is 18.3 Å². The Morgan fingerprint density at radius 3 is 2.73 bits per heavy atom. The molecule has 0 radical (unpaired) electrons. The number of pyridine rings is 1. The molecule has 2 aromatic heterocycles. The van der Waals surface area contributed by atoms with Crippen LogP contribution in [0.3, 0.4) is 0 Å². The van der Waals surface area contributed by atoms with E-state index in [2.05, 4.69) is 25.8 Å². The Morgan fingerprint density at radius 2 is 2.00 bits per heavy atom. The number of ether oxygens (including phenoxy) is 1. The van der Waals surface area contributed by atoms with Crippen molar-refractivity contribution in [1.29, 1.82) is 0 Å². The lowest BCUT2D eigenvalue weighted by Gasteiger charge is -2.11. The average molecular weight is 426 g/mol. The molecule has 2 aromatic carbocycles. The monoisotopic (exact) mass is 426 g/mol. The maximum Gasteiger partial charge on any atom is 0.202 e. The zero-order chi connectivity index (χ0) is 21.1. The lowest BCUT2D eigenvalue weighted by atomic mass is 10.1. The van der Waals surface area contributed by atoms with Gasteiger partial charge in [0.25, 0.3) is 0 Å². The Balaban J connectivity index is 1.72. The standard InChI is InChI=1S/C22H20F2N4OS/c1-25-11-14-13-28(30-16-4-3-9-26-12-16)19-10-15(5-6-17(14)19)27-18-7-8-20(29-2)22(24)21(18)23/h3-10,12-13,25,27H,11H2,1-2H3. The fourth-order valence-electron chi connectivity index (χ4n) is 3.21. The van der Waals surface area contributed by atoms with Gasteiger partial charge < -0.3 is 15.4 Å². The normalized spacial score (nSPS) is 11.1. The molecule has 154 valence electrons. The van der Waals surface area contributed by atoms with Gasteiger partial charge >= 0.3 is 0 Å². The number of nitrogens with one attached hydrogen (secondary N) is 2. The molecule has 0 aliphatic heterocycles. The zero-order valence-electron chi connectivity index (χ0n) is 16.4. The van der Waals surface area contributed by atoms with Gasteiger partial charge in [0.2, 0.25) is 5.82 Å². The van der Waals surface area contributed by atoms with Gasteiger partial charge in [-0.25, -0.2) is 4.39 Å². The molecule has 0 aliphatic carbocycles. The van der Waals surface area contributed by atoms with Crippen LogP contribution in [0.4, 0.5) is 20.2 Å². The van der Waals surface area contributed by atoms with Crippen molar-refractivity contribution < 1.29 is 13.5 Å². The highest BCUT2D eigenvalue weighted by Crippen LogP contribution is 2.33. The molecule has 0 aliphatic rings. The molecule has 4 aromatic rings.